The van der Waals surface area contributed by atoms with E-state index in [9.17, 15) is 0 Å². The molecule has 1 aromatic rings. The van der Waals surface area contributed by atoms with Gasteiger partial charge in [0, 0.05) is 0 Å². The summed E-state index contributed by atoms with van der Waals surface area (Å²) in [5.74, 6) is 0.939. The first-order valence-corrected chi connectivity index (χ1v) is 11.5. The minimum absolute atomic E-state index is 0. The first kappa shape index (κ1) is 20.6. The predicted molar refractivity (Wildman–Crippen MR) is 83.8 cm³/mol. The summed E-state index contributed by atoms with van der Waals surface area (Å²) in [7, 11) is 0. The summed E-state index contributed by atoms with van der Waals surface area (Å²) in [6, 6.07) is 8.74. The molecule has 2 nitrogen and oxygen atoms in total. The number of benzene rings is 1. The molecular weight excluding hydrogens is 410 g/mol. The van der Waals surface area contributed by atoms with Gasteiger partial charge in [-0.2, -0.15) is 0 Å². The van der Waals surface area contributed by atoms with Gasteiger partial charge in [-0.05, 0) is 0 Å². The molecule has 2 aliphatic rings. The van der Waals surface area contributed by atoms with Crippen LogP contribution in [0.2, 0.25) is 0 Å². The van der Waals surface area contributed by atoms with E-state index in [-0.39, 0.29) is 31.4 Å². The van der Waals surface area contributed by atoms with Crippen LogP contribution in [0, 0.1) is 0 Å². The SMILES string of the molecule is C[CH]=[Zr+2]([C]1=CC(OCCO)=CC1)[CH]1C=Cc2ccccc21.[Cl-].[Cl-]. The maximum absolute atomic E-state index is 8.85. The number of aliphatic hydroxyl groups excluding tert-OH is 1. The van der Waals surface area contributed by atoms with E-state index in [4.69, 9.17) is 9.84 Å². The van der Waals surface area contributed by atoms with E-state index in [0.29, 0.717) is 10.2 Å². The zero-order chi connectivity index (χ0) is 14.7. The van der Waals surface area contributed by atoms with Crippen LogP contribution < -0.4 is 24.8 Å². The van der Waals surface area contributed by atoms with Crippen molar-refractivity contribution in [2.45, 2.75) is 17.0 Å². The van der Waals surface area contributed by atoms with Crippen LogP contribution in [0.25, 0.3) is 6.08 Å². The van der Waals surface area contributed by atoms with Gasteiger partial charge in [0.1, 0.15) is 0 Å². The molecule has 0 radical (unpaired) electrons. The van der Waals surface area contributed by atoms with Gasteiger partial charge in [-0.15, -0.1) is 0 Å². The average molecular weight is 430 g/mol. The smallest absolute Gasteiger partial charge is 1.00 e. The first-order valence-electron chi connectivity index (χ1n) is 7.41. The largest absolute Gasteiger partial charge is 1.00 e. The molecular formula is C18H20Cl2O2Zr. The molecule has 0 aromatic heterocycles. The molecule has 0 heterocycles. The van der Waals surface area contributed by atoms with Gasteiger partial charge in [0.25, 0.3) is 0 Å². The molecule has 0 saturated carbocycles. The van der Waals surface area contributed by atoms with E-state index in [0.717, 1.165) is 12.2 Å². The van der Waals surface area contributed by atoms with E-state index in [1.165, 1.54) is 11.1 Å². The Hall–Kier alpha value is -0.467. The van der Waals surface area contributed by atoms with Crippen molar-refractivity contribution >= 4 is 9.78 Å². The van der Waals surface area contributed by atoms with Crippen molar-refractivity contribution in [3.63, 3.8) is 0 Å². The maximum atomic E-state index is 8.85. The fourth-order valence-electron chi connectivity index (χ4n) is 3.05. The van der Waals surface area contributed by atoms with E-state index in [1.807, 2.05) is 0 Å². The average Bonchev–Trinajstić information content (AvgIpc) is 3.14. The van der Waals surface area contributed by atoms with Crippen LogP contribution in [0.3, 0.4) is 0 Å². The summed E-state index contributed by atoms with van der Waals surface area (Å²) in [5, 5.41) is 8.85. The third kappa shape index (κ3) is 4.54. The van der Waals surface area contributed by atoms with Crippen LogP contribution >= 0.6 is 0 Å². The van der Waals surface area contributed by atoms with Gasteiger partial charge >= 0.3 is 134 Å². The Morgan fingerprint density at radius 3 is 2.83 bits per heavy atom. The fourth-order valence-corrected chi connectivity index (χ4v) is 9.63. The number of aliphatic hydroxyl groups is 1. The van der Waals surface area contributed by atoms with Crippen molar-refractivity contribution in [2.24, 2.45) is 0 Å². The van der Waals surface area contributed by atoms with Gasteiger partial charge in [-0.3, -0.25) is 0 Å². The predicted octanol–water partition coefficient (Wildman–Crippen LogP) is -2.62. The van der Waals surface area contributed by atoms with E-state index in [2.05, 4.69) is 59.2 Å². The molecule has 3 rings (SSSR count). The Balaban J connectivity index is 0.00000132. The molecule has 1 atom stereocenters. The van der Waals surface area contributed by atoms with Crippen LogP contribution in [0.5, 0.6) is 0 Å². The molecule has 0 spiro atoms. The number of halogens is 2. The summed E-state index contributed by atoms with van der Waals surface area (Å²) in [4.78, 5) is 0. The summed E-state index contributed by atoms with van der Waals surface area (Å²) < 4.78 is 10.2. The molecule has 0 fully saturated rings. The molecule has 0 bridgehead atoms. The van der Waals surface area contributed by atoms with Crippen molar-refractivity contribution in [1.82, 2.24) is 0 Å². The van der Waals surface area contributed by atoms with E-state index in [1.54, 1.807) is 3.28 Å². The summed E-state index contributed by atoms with van der Waals surface area (Å²) in [5.41, 5.74) is 2.88. The quantitative estimate of drug-likeness (QED) is 0.555. The Labute approximate surface area is 157 Å². The Morgan fingerprint density at radius 1 is 1.30 bits per heavy atom. The van der Waals surface area contributed by atoms with Gasteiger partial charge in [0.05, 0.1) is 0 Å². The second-order valence-electron chi connectivity index (χ2n) is 5.26. The standard InChI is InChI=1S/C9H7.C7H9O2.C2H4.2ClH.Zr/c1-2-5-9-7-3-6-8(9)4-1;8-5-6-9-7-3-1-2-4-7;1-2;;;/h1-7H;3-4,8H,1,5-6H2;1H,2H3;2*1H;/q;;;;;+2/p-2. The minimum Gasteiger partial charge on any atom is -1.00 e. The number of hydrogen-bond donors (Lipinski definition) is 1. The zero-order valence-electron chi connectivity index (χ0n) is 13.0. The summed E-state index contributed by atoms with van der Waals surface area (Å²) in [6.45, 7) is 2.68. The normalized spacial score (nSPS) is 17.7. The van der Waals surface area contributed by atoms with Crippen LogP contribution in [0.4, 0.5) is 0 Å². The monoisotopic (exact) mass is 428 g/mol. The Bertz CT molecular complexity index is 663. The van der Waals surface area contributed by atoms with Crippen molar-refractivity contribution in [3.05, 3.63) is 62.7 Å². The number of fused-ring (bicyclic) bond motifs is 1. The zero-order valence-corrected chi connectivity index (χ0v) is 17.0. The van der Waals surface area contributed by atoms with Crippen molar-refractivity contribution in [3.8, 4) is 0 Å². The van der Waals surface area contributed by atoms with E-state index < -0.39 is 21.3 Å². The summed E-state index contributed by atoms with van der Waals surface area (Å²) >= 11 is -1.83. The van der Waals surface area contributed by atoms with Crippen LogP contribution in [-0.2, 0) is 26.0 Å². The van der Waals surface area contributed by atoms with Crippen LogP contribution in [-0.4, -0.2) is 22.0 Å². The first-order chi connectivity index (χ1) is 10.3. The van der Waals surface area contributed by atoms with Gasteiger partial charge in [0.2, 0.25) is 0 Å². The third-order valence-corrected chi connectivity index (χ3v) is 11.1. The number of ether oxygens (including phenoxy) is 1. The number of hydrogen-bond acceptors (Lipinski definition) is 2. The van der Waals surface area contributed by atoms with Crippen molar-refractivity contribution in [2.75, 3.05) is 13.2 Å². The summed E-state index contributed by atoms with van der Waals surface area (Å²) in [6.07, 6.45) is 10.1. The van der Waals surface area contributed by atoms with Gasteiger partial charge in [-0.25, -0.2) is 0 Å². The minimum atomic E-state index is -1.83. The third-order valence-electron chi connectivity index (χ3n) is 4.02. The topological polar surface area (TPSA) is 29.5 Å². The number of rotatable bonds is 5. The molecule has 0 amide bonds. The molecule has 1 aromatic carbocycles. The molecule has 2 aliphatic carbocycles. The second kappa shape index (κ2) is 9.74. The number of allylic oxidation sites excluding steroid dienone is 4. The van der Waals surface area contributed by atoms with Crippen molar-refractivity contribution in [1.29, 1.82) is 0 Å². The molecule has 23 heavy (non-hydrogen) atoms. The molecule has 1 N–H and O–H groups in total. The molecule has 0 aliphatic heterocycles. The fraction of sp³-hybridized carbons (Fsp3) is 0.278. The van der Waals surface area contributed by atoms with Gasteiger partial charge in [-0.1, -0.05) is 0 Å². The Kier molecular flexibility index (Phi) is 8.71. The molecule has 1 unspecified atom stereocenters. The van der Waals surface area contributed by atoms with Crippen LogP contribution in [0.15, 0.2) is 51.5 Å². The molecule has 122 valence electrons. The maximum Gasteiger partial charge on any atom is -1.00 e. The van der Waals surface area contributed by atoms with Gasteiger partial charge < -0.3 is 24.8 Å². The Morgan fingerprint density at radius 2 is 2.09 bits per heavy atom. The molecule has 5 heteroatoms. The molecule has 0 saturated heterocycles. The second-order valence-corrected chi connectivity index (χ2v) is 12.0. The van der Waals surface area contributed by atoms with Crippen LogP contribution in [0.1, 0.15) is 28.1 Å². The van der Waals surface area contributed by atoms with Gasteiger partial charge in [0.15, 0.2) is 0 Å². The van der Waals surface area contributed by atoms with Crippen molar-refractivity contribution < 1.29 is 55.9 Å². The van der Waals surface area contributed by atoms with E-state index >= 15 is 0 Å².